The summed E-state index contributed by atoms with van der Waals surface area (Å²) in [7, 11) is 0. The lowest BCUT2D eigenvalue weighted by Crippen LogP contribution is -2.36. The third-order valence-corrected chi connectivity index (χ3v) is 9.69. The number of nitrogens with zero attached hydrogens (tertiary/aromatic N) is 8. The van der Waals surface area contributed by atoms with E-state index in [2.05, 4.69) is 74.8 Å². The zero-order chi connectivity index (χ0) is 40.4. The topological polar surface area (TPSA) is 177 Å². The molecule has 59 heavy (non-hydrogen) atoms. The summed E-state index contributed by atoms with van der Waals surface area (Å²) in [6.07, 6.45) is 3.43. The summed E-state index contributed by atoms with van der Waals surface area (Å²) in [5.41, 5.74) is 8.68. The maximum Gasteiger partial charge on any atom is 0.335 e. The Morgan fingerprint density at radius 1 is 0.593 bits per heavy atom. The van der Waals surface area contributed by atoms with Crippen molar-refractivity contribution in [2.45, 2.75) is 6.92 Å². The first kappa shape index (κ1) is 38.6. The van der Waals surface area contributed by atoms with Gasteiger partial charge in [-0.2, -0.15) is 4.98 Å². The first-order valence-corrected chi connectivity index (χ1v) is 19.2. The molecule has 2 aliphatic rings. The molecule has 5 heterocycles. The van der Waals surface area contributed by atoms with Crippen molar-refractivity contribution in [3.63, 3.8) is 0 Å². The molecule has 2 aliphatic heterocycles. The lowest BCUT2D eigenvalue weighted by molar-refractivity contribution is 0.0697. The quantitative estimate of drug-likeness (QED) is 0.122. The van der Waals surface area contributed by atoms with Crippen LogP contribution >= 0.6 is 0 Å². The van der Waals surface area contributed by atoms with E-state index in [4.69, 9.17) is 19.1 Å². The van der Waals surface area contributed by atoms with Crippen molar-refractivity contribution < 1.29 is 25.3 Å². The van der Waals surface area contributed by atoms with Gasteiger partial charge in [-0.15, -0.1) is 0 Å². The van der Waals surface area contributed by atoms with Crippen molar-refractivity contribution in [2.24, 2.45) is 0 Å². The smallest absolute Gasteiger partial charge is 0.335 e. The van der Waals surface area contributed by atoms with E-state index in [1.807, 2.05) is 54.6 Å². The number of benzene rings is 4. The normalized spacial score (nSPS) is 13.9. The number of nitrogens with one attached hydrogen (secondary N) is 2. The van der Waals surface area contributed by atoms with E-state index < -0.39 is 5.97 Å². The van der Waals surface area contributed by atoms with Gasteiger partial charge in [0.25, 0.3) is 5.89 Å². The Morgan fingerprint density at radius 2 is 1.03 bits per heavy atom. The second-order valence-corrected chi connectivity index (χ2v) is 13.7. The van der Waals surface area contributed by atoms with Gasteiger partial charge in [-0.05, 0) is 91.9 Å². The van der Waals surface area contributed by atoms with E-state index in [0.717, 1.165) is 92.1 Å². The van der Waals surface area contributed by atoms with E-state index in [1.165, 1.54) is 11.4 Å². The molecule has 15 nitrogen and oxygen atoms in total. The number of aromatic nitrogens is 6. The van der Waals surface area contributed by atoms with Crippen molar-refractivity contribution in [1.29, 1.82) is 0 Å². The first-order chi connectivity index (χ1) is 28.9. The van der Waals surface area contributed by atoms with Crippen molar-refractivity contribution in [3.8, 4) is 34.0 Å². The van der Waals surface area contributed by atoms with Crippen LogP contribution in [0.3, 0.4) is 0 Å². The predicted octanol–water partition coefficient (Wildman–Crippen LogP) is 7.75. The Bertz CT molecular complexity index is 2460. The van der Waals surface area contributed by atoms with E-state index in [9.17, 15) is 4.79 Å². The van der Waals surface area contributed by atoms with Crippen LogP contribution in [0.25, 0.3) is 34.0 Å². The first-order valence-electron chi connectivity index (χ1n) is 19.2. The standard InChI is InChI=1S/C23H22N6O2.C21H20N4O3.H2/c1-16-25-22(31-28-16)18-4-2-17(3-5-18)21-10-11-24-23(27-21)26-19-6-8-20(9-7-19)29-12-14-30-15-13-29;26-20(27)16-3-1-15(2-4-16)19-9-10-22-21(24-19)23-17-5-7-18(8-6-17)25-11-13-28-14-12-25;/h2-11H,12-15H2,1H3,(H,24,26,27);1-10H,11-14H2,(H,26,27)(H,22,23,24);1H/i;;1+2. The largest absolute Gasteiger partial charge is 0.478 e. The number of aromatic carboxylic acids is 1. The zero-order valence-corrected chi connectivity index (χ0v) is 32.4. The average molecular weight is 795 g/mol. The number of hydrogen-bond acceptors (Lipinski definition) is 14. The van der Waals surface area contributed by atoms with Crippen molar-refractivity contribution >= 4 is 40.6 Å². The number of ether oxygens (including phenoxy) is 2. The fourth-order valence-electron chi connectivity index (χ4n) is 6.55. The second kappa shape index (κ2) is 18.4. The van der Waals surface area contributed by atoms with Crippen molar-refractivity contribution in [2.75, 3.05) is 73.0 Å². The lowest BCUT2D eigenvalue weighted by atomic mass is 10.1. The van der Waals surface area contributed by atoms with Crippen molar-refractivity contribution in [3.05, 3.63) is 133 Å². The summed E-state index contributed by atoms with van der Waals surface area (Å²) in [5, 5.41) is 19.3. The maximum absolute atomic E-state index is 11.0. The molecule has 3 N–H and O–H groups in total. The van der Waals surface area contributed by atoms with Crippen molar-refractivity contribution in [1.82, 2.24) is 30.1 Å². The Kier molecular flexibility index (Phi) is 12.0. The molecular formula is C44H44N10O5. The lowest BCUT2D eigenvalue weighted by Gasteiger charge is -2.28. The molecular weight excluding hydrogens is 749 g/mol. The van der Waals surface area contributed by atoms with Gasteiger partial charge in [0.2, 0.25) is 11.9 Å². The number of carboxylic acids is 1. The van der Waals surface area contributed by atoms with Gasteiger partial charge in [-0.1, -0.05) is 29.4 Å². The van der Waals surface area contributed by atoms with Gasteiger partial charge in [-0.25, -0.2) is 24.7 Å². The van der Waals surface area contributed by atoms with E-state index in [1.54, 1.807) is 49.6 Å². The molecule has 0 radical (unpaired) electrons. The van der Waals surface area contributed by atoms with Crippen LogP contribution in [-0.2, 0) is 9.47 Å². The van der Waals surface area contributed by atoms with Gasteiger partial charge in [0.05, 0.1) is 43.4 Å². The molecule has 0 amide bonds. The summed E-state index contributed by atoms with van der Waals surface area (Å²) < 4.78 is 16.0. The molecule has 0 aliphatic carbocycles. The van der Waals surface area contributed by atoms with Crippen LogP contribution in [0.2, 0.25) is 0 Å². The van der Waals surface area contributed by atoms with Crippen LogP contribution in [0.15, 0.2) is 126 Å². The zero-order valence-electron chi connectivity index (χ0n) is 32.4. The Labute approximate surface area is 342 Å². The van der Waals surface area contributed by atoms with Gasteiger partial charge in [0, 0.05) is 79.4 Å². The van der Waals surface area contributed by atoms with E-state index in [-0.39, 0.29) is 6.99 Å². The third kappa shape index (κ3) is 10.0. The number of anilines is 6. The minimum absolute atomic E-state index is 0. The van der Waals surface area contributed by atoms with Gasteiger partial charge < -0.3 is 39.5 Å². The fraction of sp³-hybridized carbons (Fsp3) is 0.205. The predicted molar refractivity (Wildman–Crippen MR) is 228 cm³/mol. The Morgan fingerprint density at radius 3 is 1.46 bits per heavy atom. The second-order valence-electron chi connectivity index (χ2n) is 13.7. The van der Waals surface area contributed by atoms with Crippen LogP contribution in [0.4, 0.5) is 34.6 Å². The summed E-state index contributed by atoms with van der Waals surface area (Å²) in [6, 6.07) is 34.6. The molecule has 300 valence electrons. The van der Waals surface area contributed by atoms with Gasteiger partial charge in [-0.3, -0.25) is 0 Å². The number of morpholine rings is 2. The molecule has 2 saturated heterocycles. The van der Waals surface area contributed by atoms with E-state index >= 15 is 0 Å². The molecule has 0 atom stereocenters. The molecule has 3 aromatic heterocycles. The number of hydrogen-bond donors (Lipinski definition) is 3. The summed E-state index contributed by atoms with van der Waals surface area (Å²) in [4.78, 5) is 37.7. The molecule has 0 saturated carbocycles. The minimum atomic E-state index is -0.947. The number of carboxylic acid groups (broad SMARTS) is 1. The molecule has 4 aromatic carbocycles. The monoisotopic (exact) mass is 794 g/mol. The number of rotatable bonds is 10. The highest BCUT2D eigenvalue weighted by atomic mass is 16.5. The van der Waals surface area contributed by atoms with E-state index in [0.29, 0.717) is 23.6 Å². The Hall–Kier alpha value is -7.23. The van der Waals surface area contributed by atoms with Gasteiger partial charge in [0.1, 0.15) is 0 Å². The van der Waals surface area contributed by atoms with Crippen LogP contribution < -0.4 is 20.4 Å². The van der Waals surface area contributed by atoms with Crippen LogP contribution in [0, 0.1) is 6.92 Å². The molecule has 0 bridgehead atoms. The summed E-state index contributed by atoms with van der Waals surface area (Å²) >= 11 is 0. The SMILES string of the molecule is Cc1noc(-c2ccc(-c3ccnc(Nc4ccc(N5CCOCC5)cc4)n3)cc2)n1.O=C(O)c1ccc(-c2ccnc(Nc3ccc(N4CCOCC4)cc3)n2)cc1.[3HH]. The third-order valence-electron chi connectivity index (χ3n) is 9.69. The molecule has 0 unspecified atom stereocenters. The fourth-order valence-corrected chi connectivity index (χ4v) is 6.55. The van der Waals surface area contributed by atoms with Gasteiger partial charge >= 0.3 is 5.97 Å². The highest BCUT2D eigenvalue weighted by Crippen LogP contribution is 2.26. The van der Waals surface area contributed by atoms with Crippen LogP contribution in [0.1, 0.15) is 17.6 Å². The maximum atomic E-state index is 11.0. The molecule has 15 heteroatoms. The van der Waals surface area contributed by atoms with Gasteiger partial charge in [0.15, 0.2) is 5.82 Å². The number of aryl methyl sites for hydroxylation is 1. The minimum Gasteiger partial charge on any atom is -0.478 e. The van der Waals surface area contributed by atoms with Crippen LogP contribution in [0.5, 0.6) is 0 Å². The molecule has 2 fully saturated rings. The summed E-state index contributed by atoms with van der Waals surface area (Å²) in [6.45, 7) is 8.50. The summed E-state index contributed by atoms with van der Waals surface area (Å²) in [5.74, 6) is 1.21. The average Bonchev–Trinajstić information content (AvgIpc) is 3.74. The highest BCUT2D eigenvalue weighted by Gasteiger charge is 2.13. The molecule has 7 aromatic rings. The number of carbonyl (C=O) groups is 1. The molecule has 0 spiro atoms. The Balaban J connectivity index is 0.000000179. The molecule has 9 rings (SSSR count). The van der Waals surface area contributed by atoms with Crippen LogP contribution in [-0.4, -0.2) is 93.8 Å². The highest BCUT2D eigenvalue weighted by molar-refractivity contribution is 5.88.